The molecule has 6 nitrogen and oxygen atoms in total. The molecule has 0 spiro atoms. The Labute approximate surface area is 137 Å². The zero-order chi connectivity index (χ0) is 16.9. The summed E-state index contributed by atoms with van der Waals surface area (Å²) >= 11 is 0. The van der Waals surface area contributed by atoms with Gasteiger partial charge < -0.3 is 20.5 Å². The molecule has 1 saturated heterocycles. The van der Waals surface area contributed by atoms with Crippen LogP contribution in [0, 0.1) is 5.41 Å². The lowest BCUT2D eigenvalue weighted by molar-refractivity contribution is -0.122. The smallest absolute Gasteiger partial charge is 0.234 e. The van der Waals surface area contributed by atoms with Gasteiger partial charge in [-0.2, -0.15) is 0 Å². The highest BCUT2D eigenvalue weighted by Gasteiger charge is 2.32. The van der Waals surface area contributed by atoms with Gasteiger partial charge in [0.05, 0.1) is 20.8 Å². The normalized spacial score (nSPS) is 21.2. The SMILES string of the molecule is COc1ccc(CNC(=O)CN2CCC(C)(CN)C2)cc1OC. The highest BCUT2D eigenvalue weighted by Crippen LogP contribution is 2.28. The van der Waals surface area contributed by atoms with Crippen LogP contribution in [0.3, 0.4) is 0 Å². The summed E-state index contributed by atoms with van der Waals surface area (Å²) < 4.78 is 10.5. The average molecular weight is 321 g/mol. The topological polar surface area (TPSA) is 76.8 Å². The van der Waals surface area contributed by atoms with Crippen molar-refractivity contribution in [1.29, 1.82) is 0 Å². The van der Waals surface area contributed by atoms with Crippen LogP contribution in [0.2, 0.25) is 0 Å². The molecule has 0 bridgehead atoms. The molecule has 1 aliphatic rings. The minimum Gasteiger partial charge on any atom is -0.493 e. The largest absolute Gasteiger partial charge is 0.493 e. The average Bonchev–Trinajstić information content (AvgIpc) is 2.94. The Balaban J connectivity index is 1.83. The molecular weight excluding hydrogens is 294 g/mol. The van der Waals surface area contributed by atoms with Crippen LogP contribution in [-0.4, -0.2) is 51.2 Å². The van der Waals surface area contributed by atoms with E-state index in [1.54, 1.807) is 14.2 Å². The van der Waals surface area contributed by atoms with Gasteiger partial charge in [-0.25, -0.2) is 0 Å². The van der Waals surface area contributed by atoms with Crippen LogP contribution >= 0.6 is 0 Å². The fourth-order valence-electron chi connectivity index (χ4n) is 2.88. The predicted molar refractivity (Wildman–Crippen MR) is 89.6 cm³/mol. The highest BCUT2D eigenvalue weighted by molar-refractivity contribution is 5.78. The third kappa shape index (κ3) is 4.59. The number of hydrogen-bond donors (Lipinski definition) is 2. The van der Waals surface area contributed by atoms with Gasteiger partial charge in [0.1, 0.15) is 0 Å². The summed E-state index contributed by atoms with van der Waals surface area (Å²) in [5, 5.41) is 2.95. The quantitative estimate of drug-likeness (QED) is 0.783. The first-order chi connectivity index (χ1) is 11.0. The fourth-order valence-corrected chi connectivity index (χ4v) is 2.88. The van der Waals surface area contributed by atoms with E-state index in [1.807, 2.05) is 18.2 Å². The number of ether oxygens (including phenoxy) is 2. The summed E-state index contributed by atoms with van der Waals surface area (Å²) in [5.74, 6) is 1.37. The van der Waals surface area contributed by atoms with Crippen molar-refractivity contribution in [2.75, 3.05) is 40.4 Å². The number of benzene rings is 1. The van der Waals surface area contributed by atoms with E-state index in [-0.39, 0.29) is 11.3 Å². The van der Waals surface area contributed by atoms with Crippen molar-refractivity contribution >= 4 is 5.91 Å². The number of hydrogen-bond acceptors (Lipinski definition) is 5. The summed E-state index contributed by atoms with van der Waals surface area (Å²) in [5.41, 5.74) is 6.92. The molecule has 1 aromatic carbocycles. The van der Waals surface area contributed by atoms with Crippen LogP contribution in [0.1, 0.15) is 18.9 Å². The fraction of sp³-hybridized carbons (Fsp3) is 0.588. The Kier molecular flexibility index (Phi) is 5.85. The Morgan fingerprint density at radius 3 is 2.70 bits per heavy atom. The minimum atomic E-state index is 0.0288. The Hall–Kier alpha value is -1.79. The molecule has 0 radical (unpaired) electrons. The molecule has 1 aliphatic heterocycles. The number of likely N-dealkylation sites (tertiary alicyclic amines) is 1. The summed E-state index contributed by atoms with van der Waals surface area (Å²) in [7, 11) is 3.20. The first kappa shape index (κ1) is 17.6. The predicted octanol–water partition coefficient (Wildman–Crippen LogP) is 0.991. The van der Waals surface area contributed by atoms with E-state index in [4.69, 9.17) is 15.2 Å². The molecule has 1 amide bonds. The molecule has 1 fully saturated rings. The molecule has 1 aromatic rings. The molecule has 1 unspecified atom stereocenters. The molecule has 0 aliphatic carbocycles. The van der Waals surface area contributed by atoms with Crippen LogP contribution in [0.5, 0.6) is 11.5 Å². The molecule has 6 heteroatoms. The molecule has 0 saturated carbocycles. The zero-order valence-corrected chi connectivity index (χ0v) is 14.2. The van der Waals surface area contributed by atoms with Crippen LogP contribution in [0.15, 0.2) is 18.2 Å². The second-order valence-corrected chi connectivity index (χ2v) is 6.44. The van der Waals surface area contributed by atoms with E-state index < -0.39 is 0 Å². The molecule has 23 heavy (non-hydrogen) atoms. The number of nitrogens with one attached hydrogen (secondary N) is 1. The van der Waals surface area contributed by atoms with Gasteiger partial charge in [0.2, 0.25) is 5.91 Å². The van der Waals surface area contributed by atoms with E-state index in [0.29, 0.717) is 31.1 Å². The Bertz CT molecular complexity index is 550. The van der Waals surface area contributed by atoms with E-state index in [0.717, 1.165) is 25.1 Å². The summed E-state index contributed by atoms with van der Waals surface area (Å²) in [6.07, 6.45) is 1.05. The van der Waals surface area contributed by atoms with Crippen molar-refractivity contribution < 1.29 is 14.3 Å². The zero-order valence-electron chi connectivity index (χ0n) is 14.2. The minimum absolute atomic E-state index is 0.0288. The number of carbonyl (C=O) groups is 1. The lowest BCUT2D eigenvalue weighted by Crippen LogP contribution is -2.38. The van der Waals surface area contributed by atoms with E-state index in [9.17, 15) is 4.79 Å². The third-order valence-corrected chi connectivity index (χ3v) is 4.43. The van der Waals surface area contributed by atoms with Crippen molar-refractivity contribution in [2.45, 2.75) is 19.9 Å². The van der Waals surface area contributed by atoms with Crippen molar-refractivity contribution in [3.8, 4) is 11.5 Å². The van der Waals surface area contributed by atoms with E-state index in [2.05, 4.69) is 17.1 Å². The van der Waals surface area contributed by atoms with Crippen LogP contribution < -0.4 is 20.5 Å². The number of amides is 1. The van der Waals surface area contributed by atoms with Gasteiger partial charge in [0, 0.05) is 13.1 Å². The summed E-state index contributed by atoms with van der Waals surface area (Å²) in [6, 6.07) is 5.64. The van der Waals surface area contributed by atoms with Gasteiger partial charge >= 0.3 is 0 Å². The van der Waals surface area contributed by atoms with Crippen LogP contribution in [0.25, 0.3) is 0 Å². The Morgan fingerprint density at radius 1 is 1.35 bits per heavy atom. The molecule has 3 N–H and O–H groups in total. The van der Waals surface area contributed by atoms with Gasteiger partial charge in [-0.05, 0) is 42.6 Å². The number of nitrogens with zero attached hydrogens (tertiary/aromatic N) is 1. The van der Waals surface area contributed by atoms with E-state index >= 15 is 0 Å². The second kappa shape index (κ2) is 7.66. The molecule has 2 rings (SSSR count). The van der Waals surface area contributed by atoms with Gasteiger partial charge in [0.25, 0.3) is 0 Å². The number of nitrogens with two attached hydrogens (primary N) is 1. The maximum atomic E-state index is 12.1. The first-order valence-corrected chi connectivity index (χ1v) is 7.90. The van der Waals surface area contributed by atoms with Crippen molar-refractivity contribution in [1.82, 2.24) is 10.2 Å². The maximum absolute atomic E-state index is 12.1. The van der Waals surface area contributed by atoms with Gasteiger partial charge in [-0.1, -0.05) is 13.0 Å². The maximum Gasteiger partial charge on any atom is 0.234 e. The highest BCUT2D eigenvalue weighted by atomic mass is 16.5. The standard InChI is InChI=1S/C17H27N3O3/c1-17(11-18)6-7-20(12-17)10-16(21)19-9-13-4-5-14(22-2)15(8-13)23-3/h4-5,8H,6-7,9-12,18H2,1-3H3,(H,19,21). The summed E-state index contributed by atoms with van der Waals surface area (Å²) in [4.78, 5) is 14.3. The van der Waals surface area contributed by atoms with Crippen LogP contribution in [-0.2, 0) is 11.3 Å². The van der Waals surface area contributed by atoms with Gasteiger partial charge in [-0.15, -0.1) is 0 Å². The number of methoxy groups -OCH3 is 2. The van der Waals surface area contributed by atoms with Gasteiger partial charge in [-0.3, -0.25) is 9.69 Å². The summed E-state index contributed by atoms with van der Waals surface area (Å²) in [6.45, 7) is 5.54. The number of carbonyl (C=O) groups excluding carboxylic acids is 1. The molecule has 0 aromatic heterocycles. The van der Waals surface area contributed by atoms with E-state index in [1.165, 1.54) is 0 Å². The second-order valence-electron chi connectivity index (χ2n) is 6.44. The van der Waals surface area contributed by atoms with Crippen LogP contribution in [0.4, 0.5) is 0 Å². The Morgan fingerprint density at radius 2 is 2.09 bits per heavy atom. The van der Waals surface area contributed by atoms with Crippen molar-refractivity contribution in [3.63, 3.8) is 0 Å². The monoisotopic (exact) mass is 321 g/mol. The lowest BCUT2D eigenvalue weighted by atomic mass is 9.90. The molecule has 128 valence electrons. The van der Waals surface area contributed by atoms with Gasteiger partial charge in [0.15, 0.2) is 11.5 Å². The first-order valence-electron chi connectivity index (χ1n) is 7.90. The van der Waals surface area contributed by atoms with Crippen molar-refractivity contribution in [2.24, 2.45) is 11.1 Å². The molecular formula is C17H27N3O3. The molecule has 1 heterocycles. The lowest BCUT2D eigenvalue weighted by Gasteiger charge is -2.22. The molecule has 1 atom stereocenters. The third-order valence-electron chi connectivity index (χ3n) is 4.43. The number of rotatable bonds is 7. The van der Waals surface area contributed by atoms with Crippen molar-refractivity contribution in [3.05, 3.63) is 23.8 Å².